The number of methoxy groups -OCH3 is 1. The highest BCUT2D eigenvalue weighted by Gasteiger charge is 2.23. The fraction of sp³-hybridized carbons (Fsp3) is 0.350. The number of halogens is 1. The predicted octanol–water partition coefficient (Wildman–Crippen LogP) is 5.76. The molecular formula is C20H21BrN2O. The lowest BCUT2D eigenvalue weighted by Crippen LogP contribution is -2.01. The SMILES string of the molecule is CCCn1c(-c2ccc(C3CC3)cc2)nc2c(Br)ccc(OC)c21. The first-order chi connectivity index (χ1) is 11.7. The molecule has 124 valence electrons. The molecule has 1 saturated carbocycles. The first-order valence-electron chi connectivity index (χ1n) is 8.56. The van der Waals surface area contributed by atoms with E-state index in [9.17, 15) is 0 Å². The zero-order valence-electron chi connectivity index (χ0n) is 14.1. The molecule has 0 atom stereocenters. The molecule has 0 N–H and O–H groups in total. The first-order valence-corrected chi connectivity index (χ1v) is 9.35. The highest BCUT2D eigenvalue weighted by Crippen LogP contribution is 2.41. The lowest BCUT2D eigenvalue weighted by molar-refractivity contribution is 0.417. The molecule has 3 nitrogen and oxygen atoms in total. The van der Waals surface area contributed by atoms with Gasteiger partial charge < -0.3 is 9.30 Å². The number of hydrogen-bond acceptors (Lipinski definition) is 2. The molecule has 0 amide bonds. The standard InChI is InChI=1S/C20H21BrN2O/c1-3-12-23-19-17(24-2)11-10-16(21)18(19)22-20(23)15-8-6-14(7-9-15)13-4-5-13/h6-11,13H,3-5,12H2,1-2H3. The first kappa shape index (κ1) is 15.7. The molecule has 0 bridgehead atoms. The minimum Gasteiger partial charge on any atom is -0.494 e. The zero-order valence-corrected chi connectivity index (χ0v) is 15.6. The van der Waals surface area contributed by atoms with Gasteiger partial charge in [0.2, 0.25) is 0 Å². The molecule has 4 rings (SSSR count). The predicted molar refractivity (Wildman–Crippen MR) is 102 cm³/mol. The molecule has 0 spiro atoms. The summed E-state index contributed by atoms with van der Waals surface area (Å²) in [5, 5.41) is 0. The van der Waals surface area contributed by atoms with Crippen molar-refractivity contribution in [2.24, 2.45) is 0 Å². The van der Waals surface area contributed by atoms with Crippen LogP contribution in [0.25, 0.3) is 22.4 Å². The molecule has 3 aromatic rings. The second-order valence-electron chi connectivity index (χ2n) is 6.43. The van der Waals surface area contributed by atoms with Crippen molar-refractivity contribution >= 4 is 27.0 Å². The van der Waals surface area contributed by atoms with Crippen LogP contribution in [-0.4, -0.2) is 16.7 Å². The van der Waals surface area contributed by atoms with E-state index in [1.807, 2.05) is 12.1 Å². The number of benzene rings is 2. The number of hydrogen-bond donors (Lipinski definition) is 0. The van der Waals surface area contributed by atoms with E-state index in [0.29, 0.717) is 0 Å². The Balaban J connectivity index is 1.90. The van der Waals surface area contributed by atoms with Gasteiger partial charge >= 0.3 is 0 Å². The van der Waals surface area contributed by atoms with Gasteiger partial charge in [-0.3, -0.25) is 0 Å². The van der Waals surface area contributed by atoms with E-state index in [1.54, 1.807) is 7.11 Å². The minimum absolute atomic E-state index is 0.780. The lowest BCUT2D eigenvalue weighted by atomic mass is 10.1. The molecular weight excluding hydrogens is 364 g/mol. The number of rotatable bonds is 5. The maximum absolute atomic E-state index is 5.60. The van der Waals surface area contributed by atoms with Gasteiger partial charge in [-0.1, -0.05) is 31.2 Å². The van der Waals surface area contributed by atoms with Crippen LogP contribution in [0.1, 0.15) is 37.7 Å². The molecule has 0 unspecified atom stereocenters. The number of imidazole rings is 1. The Labute approximate surface area is 150 Å². The molecule has 2 aromatic carbocycles. The molecule has 1 aliphatic carbocycles. The van der Waals surface area contributed by atoms with Crippen molar-refractivity contribution < 1.29 is 4.74 Å². The summed E-state index contributed by atoms with van der Waals surface area (Å²) in [5.41, 5.74) is 4.65. The fourth-order valence-electron chi connectivity index (χ4n) is 3.32. The van der Waals surface area contributed by atoms with Gasteiger partial charge in [-0.2, -0.15) is 0 Å². The van der Waals surface area contributed by atoms with Crippen molar-refractivity contribution in [2.75, 3.05) is 7.11 Å². The van der Waals surface area contributed by atoms with Crippen LogP contribution >= 0.6 is 15.9 Å². The smallest absolute Gasteiger partial charge is 0.144 e. The van der Waals surface area contributed by atoms with Crippen molar-refractivity contribution in [2.45, 2.75) is 38.6 Å². The lowest BCUT2D eigenvalue weighted by Gasteiger charge is -2.11. The van der Waals surface area contributed by atoms with E-state index >= 15 is 0 Å². The van der Waals surface area contributed by atoms with Crippen LogP contribution in [0, 0.1) is 0 Å². The molecule has 1 fully saturated rings. The van der Waals surface area contributed by atoms with Gasteiger partial charge in [0.25, 0.3) is 0 Å². The zero-order chi connectivity index (χ0) is 16.7. The van der Waals surface area contributed by atoms with Gasteiger partial charge in [0, 0.05) is 16.6 Å². The summed E-state index contributed by atoms with van der Waals surface area (Å²) < 4.78 is 8.88. The third-order valence-corrected chi connectivity index (χ3v) is 5.33. The Hall–Kier alpha value is -1.81. The molecule has 0 radical (unpaired) electrons. The van der Waals surface area contributed by atoms with E-state index < -0.39 is 0 Å². The van der Waals surface area contributed by atoms with E-state index in [2.05, 4.69) is 51.7 Å². The Morgan fingerprint density at radius 2 is 1.92 bits per heavy atom. The fourth-order valence-corrected chi connectivity index (χ4v) is 3.73. The highest BCUT2D eigenvalue weighted by atomic mass is 79.9. The van der Waals surface area contributed by atoms with Gasteiger partial charge in [-0.25, -0.2) is 4.98 Å². The van der Waals surface area contributed by atoms with Gasteiger partial charge in [-0.15, -0.1) is 0 Å². The topological polar surface area (TPSA) is 27.1 Å². The maximum Gasteiger partial charge on any atom is 0.144 e. The third kappa shape index (κ3) is 2.63. The summed E-state index contributed by atoms with van der Waals surface area (Å²) in [7, 11) is 1.72. The molecule has 0 aliphatic heterocycles. The summed E-state index contributed by atoms with van der Waals surface area (Å²) in [6.45, 7) is 3.11. The molecule has 0 saturated heterocycles. The van der Waals surface area contributed by atoms with Crippen molar-refractivity contribution in [3.05, 3.63) is 46.4 Å². The summed E-state index contributed by atoms with van der Waals surface area (Å²) >= 11 is 3.64. The number of nitrogens with zero attached hydrogens (tertiary/aromatic N) is 2. The number of aromatic nitrogens is 2. The van der Waals surface area contributed by atoms with Crippen LogP contribution in [0.5, 0.6) is 5.75 Å². The Bertz CT molecular complexity index is 879. The van der Waals surface area contributed by atoms with Crippen LogP contribution in [0.2, 0.25) is 0 Å². The Morgan fingerprint density at radius 1 is 1.17 bits per heavy atom. The molecule has 4 heteroatoms. The van der Waals surface area contributed by atoms with Gasteiger partial charge in [0.15, 0.2) is 0 Å². The average molecular weight is 385 g/mol. The summed E-state index contributed by atoms with van der Waals surface area (Å²) in [4.78, 5) is 4.94. The van der Waals surface area contributed by atoms with Crippen LogP contribution in [0.4, 0.5) is 0 Å². The maximum atomic E-state index is 5.60. The van der Waals surface area contributed by atoms with E-state index in [1.165, 1.54) is 18.4 Å². The van der Waals surface area contributed by atoms with Crippen LogP contribution in [0.3, 0.4) is 0 Å². The van der Waals surface area contributed by atoms with Crippen LogP contribution in [-0.2, 0) is 6.54 Å². The molecule has 1 heterocycles. The second-order valence-corrected chi connectivity index (χ2v) is 7.28. The van der Waals surface area contributed by atoms with Crippen molar-refractivity contribution in [3.63, 3.8) is 0 Å². The largest absolute Gasteiger partial charge is 0.494 e. The average Bonchev–Trinajstić information content (AvgIpc) is 3.39. The van der Waals surface area contributed by atoms with Crippen LogP contribution < -0.4 is 4.74 Å². The van der Waals surface area contributed by atoms with Crippen molar-refractivity contribution in [3.8, 4) is 17.1 Å². The highest BCUT2D eigenvalue weighted by molar-refractivity contribution is 9.10. The Morgan fingerprint density at radius 3 is 2.54 bits per heavy atom. The van der Waals surface area contributed by atoms with Crippen molar-refractivity contribution in [1.82, 2.24) is 9.55 Å². The number of fused-ring (bicyclic) bond motifs is 1. The quantitative estimate of drug-likeness (QED) is 0.558. The van der Waals surface area contributed by atoms with E-state index in [0.717, 1.165) is 51.5 Å². The Kier molecular flexibility index (Phi) is 4.09. The second kappa shape index (κ2) is 6.25. The molecule has 1 aliphatic rings. The third-order valence-electron chi connectivity index (χ3n) is 4.69. The monoisotopic (exact) mass is 384 g/mol. The van der Waals surface area contributed by atoms with Gasteiger partial charge in [0.05, 0.1) is 7.11 Å². The van der Waals surface area contributed by atoms with Crippen LogP contribution in [0.15, 0.2) is 40.9 Å². The number of aryl methyl sites for hydroxylation is 1. The minimum atomic E-state index is 0.780. The van der Waals surface area contributed by atoms with Gasteiger partial charge in [-0.05, 0) is 58.8 Å². The summed E-state index contributed by atoms with van der Waals surface area (Å²) in [6.07, 6.45) is 3.71. The van der Waals surface area contributed by atoms with E-state index in [-0.39, 0.29) is 0 Å². The normalized spacial score (nSPS) is 14.3. The summed E-state index contributed by atoms with van der Waals surface area (Å²) in [5.74, 6) is 2.66. The van der Waals surface area contributed by atoms with E-state index in [4.69, 9.17) is 9.72 Å². The summed E-state index contributed by atoms with van der Waals surface area (Å²) in [6, 6.07) is 12.9. The van der Waals surface area contributed by atoms with Gasteiger partial charge in [0.1, 0.15) is 22.6 Å². The number of ether oxygens (including phenoxy) is 1. The molecule has 1 aromatic heterocycles. The van der Waals surface area contributed by atoms with Crippen molar-refractivity contribution in [1.29, 1.82) is 0 Å². The molecule has 24 heavy (non-hydrogen) atoms.